The normalized spacial score (nSPS) is 42.3. The van der Waals surface area contributed by atoms with Crippen LogP contribution in [0.2, 0.25) is 0 Å². The molecular formula is C14H24N2O. The first kappa shape index (κ1) is 12.9. The van der Waals surface area contributed by atoms with Crippen molar-refractivity contribution in [2.24, 2.45) is 5.92 Å². The lowest BCUT2D eigenvalue weighted by atomic mass is 9.88. The molecule has 0 heterocycles. The molecular weight excluding hydrogens is 212 g/mol. The SMILES string of the molecule is CNC1(C#N)CCC(OC2CCCC(C)C2)C1. The van der Waals surface area contributed by atoms with Crippen molar-refractivity contribution < 1.29 is 4.74 Å². The van der Waals surface area contributed by atoms with Gasteiger partial charge < -0.3 is 10.1 Å². The predicted molar refractivity (Wildman–Crippen MR) is 67.5 cm³/mol. The molecule has 2 aliphatic carbocycles. The lowest BCUT2D eigenvalue weighted by Gasteiger charge is -2.29. The molecule has 0 bridgehead atoms. The highest BCUT2D eigenvalue weighted by atomic mass is 16.5. The number of ether oxygens (including phenoxy) is 1. The first-order chi connectivity index (χ1) is 8.17. The van der Waals surface area contributed by atoms with Crippen LogP contribution < -0.4 is 5.32 Å². The first-order valence-electron chi connectivity index (χ1n) is 6.93. The van der Waals surface area contributed by atoms with Crippen LogP contribution in [0.25, 0.3) is 0 Å². The molecule has 0 spiro atoms. The van der Waals surface area contributed by atoms with E-state index in [1.165, 1.54) is 25.7 Å². The van der Waals surface area contributed by atoms with Crippen molar-refractivity contribution in [3.63, 3.8) is 0 Å². The Morgan fingerprint density at radius 1 is 1.29 bits per heavy atom. The van der Waals surface area contributed by atoms with Crippen LogP contribution in [0.1, 0.15) is 51.9 Å². The van der Waals surface area contributed by atoms with Crippen molar-refractivity contribution in [2.45, 2.75) is 69.6 Å². The molecule has 96 valence electrons. The Hall–Kier alpha value is -0.590. The number of hydrogen-bond donors (Lipinski definition) is 1. The van der Waals surface area contributed by atoms with Gasteiger partial charge in [-0.1, -0.05) is 19.8 Å². The summed E-state index contributed by atoms with van der Waals surface area (Å²) in [7, 11) is 1.88. The number of nitrogens with zero attached hydrogens (tertiary/aromatic N) is 1. The molecule has 3 nitrogen and oxygen atoms in total. The summed E-state index contributed by atoms with van der Waals surface area (Å²) >= 11 is 0. The van der Waals surface area contributed by atoms with Crippen LogP contribution >= 0.6 is 0 Å². The molecule has 0 aliphatic heterocycles. The molecule has 0 aromatic carbocycles. The van der Waals surface area contributed by atoms with Crippen LogP contribution in [0, 0.1) is 17.2 Å². The van der Waals surface area contributed by atoms with Crippen molar-refractivity contribution >= 4 is 0 Å². The molecule has 2 rings (SSSR count). The Kier molecular flexibility index (Phi) is 4.06. The van der Waals surface area contributed by atoms with Gasteiger partial charge in [0, 0.05) is 6.42 Å². The molecule has 0 radical (unpaired) electrons. The van der Waals surface area contributed by atoms with Gasteiger partial charge in [-0.25, -0.2) is 0 Å². The zero-order chi connectivity index (χ0) is 12.3. The van der Waals surface area contributed by atoms with E-state index in [1.807, 2.05) is 7.05 Å². The van der Waals surface area contributed by atoms with E-state index in [0.717, 1.165) is 25.2 Å². The zero-order valence-electron chi connectivity index (χ0n) is 11.0. The summed E-state index contributed by atoms with van der Waals surface area (Å²) in [6.07, 6.45) is 8.59. The monoisotopic (exact) mass is 236 g/mol. The Morgan fingerprint density at radius 2 is 2.12 bits per heavy atom. The van der Waals surface area contributed by atoms with Crippen LogP contribution in [-0.2, 0) is 4.74 Å². The third-order valence-electron chi connectivity index (χ3n) is 4.43. The van der Waals surface area contributed by atoms with E-state index in [1.54, 1.807) is 0 Å². The molecule has 2 aliphatic rings. The molecule has 17 heavy (non-hydrogen) atoms. The van der Waals surface area contributed by atoms with Gasteiger partial charge in [0.2, 0.25) is 0 Å². The largest absolute Gasteiger partial charge is 0.375 e. The standard InChI is InChI=1S/C14H24N2O/c1-11-4-3-5-12(8-11)17-13-6-7-14(9-13,10-15)16-2/h11-13,16H,3-9H2,1-2H3. The van der Waals surface area contributed by atoms with Crippen LogP contribution in [0.5, 0.6) is 0 Å². The third kappa shape index (κ3) is 3.00. The van der Waals surface area contributed by atoms with E-state index in [0.29, 0.717) is 6.10 Å². The maximum atomic E-state index is 9.21. The van der Waals surface area contributed by atoms with Gasteiger partial charge in [-0.15, -0.1) is 0 Å². The van der Waals surface area contributed by atoms with Crippen LogP contribution in [-0.4, -0.2) is 24.8 Å². The van der Waals surface area contributed by atoms with Crippen molar-refractivity contribution in [1.29, 1.82) is 5.26 Å². The van der Waals surface area contributed by atoms with Gasteiger partial charge in [0.25, 0.3) is 0 Å². The molecule has 2 saturated carbocycles. The third-order valence-corrected chi connectivity index (χ3v) is 4.43. The maximum absolute atomic E-state index is 9.21. The highest BCUT2D eigenvalue weighted by Crippen LogP contribution is 2.34. The number of nitriles is 1. The molecule has 0 saturated heterocycles. The second-order valence-electron chi connectivity index (χ2n) is 5.84. The summed E-state index contributed by atoms with van der Waals surface area (Å²) < 4.78 is 6.19. The van der Waals surface area contributed by atoms with E-state index in [4.69, 9.17) is 4.74 Å². The topological polar surface area (TPSA) is 45.0 Å². The fraction of sp³-hybridized carbons (Fsp3) is 0.929. The van der Waals surface area contributed by atoms with Crippen LogP contribution in [0.15, 0.2) is 0 Å². The fourth-order valence-electron chi connectivity index (χ4n) is 3.28. The lowest BCUT2D eigenvalue weighted by molar-refractivity contribution is -0.0368. The zero-order valence-corrected chi connectivity index (χ0v) is 11.0. The summed E-state index contributed by atoms with van der Waals surface area (Å²) in [5, 5.41) is 12.4. The van der Waals surface area contributed by atoms with Gasteiger partial charge >= 0.3 is 0 Å². The summed E-state index contributed by atoms with van der Waals surface area (Å²) in [5.41, 5.74) is -0.328. The van der Waals surface area contributed by atoms with E-state index in [-0.39, 0.29) is 11.6 Å². The summed E-state index contributed by atoms with van der Waals surface area (Å²) in [6.45, 7) is 2.32. The van der Waals surface area contributed by atoms with E-state index in [2.05, 4.69) is 18.3 Å². The van der Waals surface area contributed by atoms with Crippen molar-refractivity contribution in [3.8, 4) is 6.07 Å². The molecule has 0 amide bonds. The van der Waals surface area contributed by atoms with Crippen molar-refractivity contribution in [1.82, 2.24) is 5.32 Å². The molecule has 0 aromatic heterocycles. The van der Waals surface area contributed by atoms with Crippen molar-refractivity contribution in [2.75, 3.05) is 7.05 Å². The minimum atomic E-state index is -0.328. The van der Waals surface area contributed by atoms with Gasteiger partial charge in [-0.05, 0) is 38.6 Å². The summed E-state index contributed by atoms with van der Waals surface area (Å²) in [5.74, 6) is 0.806. The Bertz CT molecular complexity index is 299. The molecule has 4 unspecified atom stereocenters. The number of rotatable bonds is 3. The van der Waals surface area contributed by atoms with Crippen LogP contribution in [0.4, 0.5) is 0 Å². The molecule has 1 N–H and O–H groups in total. The van der Waals surface area contributed by atoms with Gasteiger partial charge in [-0.3, -0.25) is 0 Å². The smallest absolute Gasteiger partial charge is 0.109 e. The van der Waals surface area contributed by atoms with E-state index >= 15 is 0 Å². The average Bonchev–Trinajstić information content (AvgIpc) is 2.73. The molecule has 3 heteroatoms. The Balaban J connectivity index is 1.83. The van der Waals surface area contributed by atoms with Gasteiger partial charge in [0.1, 0.15) is 5.54 Å². The fourth-order valence-corrected chi connectivity index (χ4v) is 3.28. The van der Waals surface area contributed by atoms with Crippen LogP contribution in [0.3, 0.4) is 0 Å². The predicted octanol–water partition coefficient (Wildman–Crippen LogP) is 2.62. The minimum absolute atomic E-state index is 0.289. The van der Waals surface area contributed by atoms with Crippen molar-refractivity contribution in [3.05, 3.63) is 0 Å². The molecule has 2 fully saturated rings. The molecule has 4 atom stereocenters. The summed E-state index contributed by atoms with van der Waals surface area (Å²) in [4.78, 5) is 0. The highest BCUT2D eigenvalue weighted by Gasteiger charge is 2.39. The first-order valence-corrected chi connectivity index (χ1v) is 6.93. The van der Waals surface area contributed by atoms with Gasteiger partial charge in [0.05, 0.1) is 18.3 Å². The second kappa shape index (κ2) is 5.37. The van der Waals surface area contributed by atoms with Gasteiger partial charge in [0.15, 0.2) is 0 Å². The number of nitrogens with one attached hydrogen (secondary N) is 1. The minimum Gasteiger partial charge on any atom is -0.375 e. The quantitative estimate of drug-likeness (QED) is 0.819. The lowest BCUT2D eigenvalue weighted by Crippen LogP contribution is -2.39. The highest BCUT2D eigenvalue weighted by molar-refractivity contribution is 5.11. The number of hydrogen-bond acceptors (Lipinski definition) is 3. The summed E-state index contributed by atoms with van der Waals surface area (Å²) in [6, 6.07) is 2.41. The van der Waals surface area contributed by atoms with Gasteiger partial charge in [-0.2, -0.15) is 5.26 Å². The van der Waals surface area contributed by atoms with E-state index < -0.39 is 0 Å². The second-order valence-corrected chi connectivity index (χ2v) is 5.84. The molecule has 0 aromatic rings. The van der Waals surface area contributed by atoms with E-state index in [9.17, 15) is 5.26 Å². The average molecular weight is 236 g/mol. The Morgan fingerprint density at radius 3 is 2.71 bits per heavy atom. The Labute approximate surface area is 105 Å². The maximum Gasteiger partial charge on any atom is 0.109 e.